The molecule has 1 saturated heterocycles. The van der Waals surface area contributed by atoms with E-state index in [4.69, 9.17) is 9.47 Å². The number of carbonyl (C=O) groups excluding carboxylic acids is 4. The summed E-state index contributed by atoms with van der Waals surface area (Å²) in [6.45, 7) is 6.52. The molecule has 0 aromatic heterocycles. The van der Waals surface area contributed by atoms with Gasteiger partial charge in [0.15, 0.2) is 12.4 Å². The summed E-state index contributed by atoms with van der Waals surface area (Å²) in [5, 5.41) is 33.0. The van der Waals surface area contributed by atoms with Crippen molar-refractivity contribution in [1.82, 2.24) is 9.80 Å². The number of hydrogen-bond donors (Lipinski definition) is 2. The van der Waals surface area contributed by atoms with Crippen LogP contribution in [0.1, 0.15) is 74.7 Å². The number of aliphatic hydroxyl groups excluding tert-OH is 1. The summed E-state index contributed by atoms with van der Waals surface area (Å²) < 4.78 is 10.8. The molecule has 278 valence electrons. The Balaban J connectivity index is 0.928. The van der Waals surface area contributed by atoms with E-state index in [-0.39, 0.29) is 61.6 Å². The molecule has 4 aliphatic carbocycles. The number of hydrogen-bond acceptors (Lipinski definition) is 13. The third kappa shape index (κ3) is 7.33. The molecule has 6 rings (SSSR count). The van der Waals surface area contributed by atoms with Gasteiger partial charge in [0.25, 0.3) is 5.09 Å². The van der Waals surface area contributed by atoms with E-state index >= 15 is 0 Å². The van der Waals surface area contributed by atoms with Crippen LogP contribution in [0.25, 0.3) is 0 Å². The van der Waals surface area contributed by atoms with E-state index in [1.54, 1.807) is 18.2 Å². The Labute approximate surface area is 297 Å². The lowest BCUT2D eigenvalue weighted by Crippen LogP contribution is -2.62. The number of benzene rings is 1. The quantitative estimate of drug-likeness (QED) is 0.183. The number of esters is 2. The Bertz CT molecular complexity index is 1560. The van der Waals surface area contributed by atoms with Gasteiger partial charge in [-0.25, -0.2) is 4.79 Å². The topological polar surface area (TPSA) is 186 Å². The number of piperazine rings is 1. The molecule has 14 nitrogen and oxygen atoms in total. The number of fused-ring (bicyclic) bond motifs is 5. The summed E-state index contributed by atoms with van der Waals surface area (Å²) >= 11 is 0. The van der Waals surface area contributed by atoms with Gasteiger partial charge in [-0.05, 0) is 85.5 Å². The smallest absolute Gasteiger partial charge is 0.338 e. The minimum Gasteiger partial charge on any atom is -0.461 e. The van der Waals surface area contributed by atoms with E-state index in [1.165, 1.54) is 12.1 Å². The lowest BCUT2D eigenvalue weighted by Gasteiger charge is -2.60. The molecule has 0 unspecified atom stereocenters. The predicted octanol–water partition coefficient (Wildman–Crippen LogP) is 2.52. The number of ketones is 2. The third-order valence-corrected chi connectivity index (χ3v) is 12.9. The first kappa shape index (κ1) is 37.1. The standard InChI is InChI=1S/C37H49N3O11/c1-35-11-9-27(41)19-26(35)7-8-28-29-10-12-37(46,36(29,2)20-30(42)33(28)35)31(43)23-50-32(44)21-39-15-13-38(14-16-39)17-18-49-34(45)25-5-3-24(4-6-25)22-51-40(47)48/h3-6,19,28-30,33,42,46H,7-18,20-23H2,1-2H3/t28-,29-,30+,33+,35-,36-,37-/m0/s1. The van der Waals surface area contributed by atoms with Gasteiger partial charge in [-0.15, -0.1) is 10.1 Å². The maximum absolute atomic E-state index is 13.6. The molecule has 2 N–H and O–H groups in total. The molecule has 0 amide bonds. The van der Waals surface area contributed by atoms with Crippen molar-refractivity contribution in [3.8, 4) is 0 Å². The SMILES string of the molecule is C[C@]12CCC(=O)C=C1CC[C@@H]1[C@@H]2[C@H](O)C[C@@]2(C)[C@H]1CC[C@]2(O)C(=O)COC(=O)CN1CCN(CCOC(=O)c2ccc(CO[N+](=O)[O-])cc2)CC1. The number of carbonyl (C=O) groups is 4. The van der Waals surface area contributed by atoms with Gasteiger partial charge in [-0.1, -0.05) is 31.6 Å². The lowest BCUT2D eigenvalue weighted by atomic mass is 9.45. The van der Waals surface area contributed by atoms with Crippen LogP contribution in [0.3, 0.4) is 0 Å². The molecular formula is C37H49N3O11. The number of ether oxygens (including phenoxy) is 2. The highest BCUT2D eigenvalue weighted by atomic mass is 16.9. The van der Waals surface area contributed by atoms with E-state index < -0.39 is 46.5 Å². The predicted molar refractivity (Wildman–Crippen MR) is 180 cm³/mol. The van der Waals surface area contributed by atoms with Gasteiger partial charge < -0.3 is 24.5 Å². The largest absolute Gasteiger partial charge is 0.461 e. The zero-order valence-corrected chi connectivity index (χ0v) is 29.4. The fraction of sp³-hybridized carbons (Fsp3) is 0.676. The van der Waals surface area contributed by atoms with Crippen LogP contribution in [0, 0.1) is 38.7 Å². The van der Waals surface area contributed by atoms with Gasteiger partial charge in [0.05, 0.1) is 18.2 Å². The first-order valence-electron chi connectivity index (χ1n) is 18.0. The third-order valence-electron chi connectivity index (χ3n) is 12.9. The second-order valence-corrected chi connectivity index (χ2v) is 15.5. The van der Waals surface area contributed by atoms with Gasteiger partial charge in [0, 0.05) is 44.6 Å². The molecule has 5 aliphatic rings. The zero-order valence-electron chi connectivity index (χ0n) is 29.4. The summed E-state index contributed by atoms with van der Waals surface area (Å²) in [5.74, 6) is -1.25. The van der Waals surface area contributed by atoms with Crippen LogP contribution in [-0.4, -0.2) is 113 Å². The molecule has 14 heteroatoms. The van der Waals surface area contributed by atoms with Crippen LogP contribution in [0.15, 0.2) is 35.9 Å². The number of nitrogens with zero attached hydrogens (tertiary/aromatic N) is 3. The molecule has 1 heterocycles. The lowest BCUT2D eigenvalue weighted by molar-refractivity contribution is -0.763. The number of rotatable bonds is 12. The van der Waals surface area contributed by atoms with Crippen molar-refractivity contribution >= 4 is 23.5 Å². The molecule has 0 spiro atoms. The highest BCUT2D eigenvalue weighted by molar-refractivity contribution is 5.92. The van der Waals surface area contributed by atoms with Crippen LogP contribution >= 0.6 is 0 Å². The van der Waals surface area contributed by atoms with Crippen LogP contribution in [0.4, 0.5) is 0 Å². The van der Waals surface area contributed by atoms with Gasteiger partial charge in [-0.2, -0.15) is 0 Å². The van der Waals surface area contributed by atoms with E-state index in [1.807, 2.05) is 11.8 Å². The average Bonchev–Trinajstić information content (AvgIpc) is 3.37. The van der Waals surface area contributed by atoms with E-state index in [0.717, 1.165) is 18.4 Å². The first-order valence-corrected chi connectivity index (χ1v) is 18.0. The minimum atomic E-state index is -1.70. The van der Waals surface area contributed by atoms with Crippen molar-refractivity contribution in [2.45, 2.75) is 77.1 Å². The van der Waals surface area contributed by atoms with Crippen molar-refractivity contribution < 1.29 is 48.8 Å². The minimum absolute atomic E-state index is 0.0104. The second kappa shape index (κ2) is 14.7. The summed E-state index contributed by atoms with van der Waals surface area (Å²) in [6, 6.07) is 6.18. The second-order valence-electron chi connectivity index (χ2n) is 15.5. The van der Waals surface area contributed by atoms with Gasteiger partial charge in [0.2, 0.25) is 5.78 Å². The van der Waals surface area contributed by atoms with Crippen LogP contribution < -0.4 is 0 Å². The van der Waals surface area contributed by atoms with E-state index in [9.17, 15) is 39.5 Å². The highest BCUT2D eigenvalue weighted by Gasteiger charge is 2.68. The van der Waals surface area contributed by atoms with Gasteiger partial charge >= 0.3 is 11.9 Å². The molecule has 7 atom stereocenters. The average molecular weight is 712 g/mol. The number of allylic oxidation sites excluding steroid dienone is 1. The van der Waals surface area contributed by atoms with E-state index in [0.29, 0.717) is 63.1 Å². The van der Waals surface area contributed by atoms with Crippen LogP contribution in [-0.2, 0) is 35.3 Å². The van der Waals surface area contributed by atoms with Crippen LogP contribution in [0.2, 0.25) is 0 Å². The summed E-state index contributed by atoms with van der Waals surface area (Å²) in [7, 11) is 0. The molecule has 1 aromatic rings. The fourth-order valence-corrected chi connectivity index (χ4v) is 10.0. The Morgan fingerprint density at radius 2 is 1.71 bits per heavy atom. The Morgan fingerprint density at radius 1 is 1.00 bits per heavy atom. The molecule has 1 aliphatic heterocycles. The maximum Gasteiger partial charge on any atom is 0.338 e. The fourth-order valence-electron chi connectivity index (χ4n) is 10.0. The Kier molecular flexibility index (Phi) is 10.7. The summed E-state index contributed by atoms with van der Waals surface area (Å²) in [4.78, 5) is 69.7. The molecule has 1 aromatic carbocycles. The normalized spacial score (nSPS) is 33.6. The molecule has 4 fully saturated rings. The van der Waals surface area contributed by atoms with Crippen molar-refractivity contribution in [2.24, 2.45) is 28.6 Å². The number of aliphatic hydroxyl groups is 2. The molecule has 3 saturated carbocycles. The maximum atomic E-state index is 13.6. The van der Waals surface area contributed by atoms with Crippen LogP contribution in [0.5, 0.6) is 0 Å². The zero-order chi connectivity index (χ0) is 36.6. The van der Waals surface area contributed by atoms with Crippen molar-refractivity contribution in [1.29, 1.82) is 0 Å². The van der Waals surface area contributed by atoms with Crippen molar-refractivity contribution in [3.63, 3.8) is 0 Å². The first-order chi connectivity index (χ1) is 24.2. The highest BCUT2D eigenvalue weighted by Crippen LogP contribution is 2.67. The van der Waals surface area contributed by atoms with Gasteiger partial charge in [0.1, 0.15) is 18.8 Å². The number of Topliss-reactive ketones (excluding diaryl/α,β-unsaturated/α-hetero) is 1. The monoisotopic (exact) mass is 711 g/mol. The Morgan fingerprint density at radius 3 is 2.41 bits per heavy atom. The summed E-state index contributed by atoms with van der Waals surface area (Å²) in [5.41, 5.74) is -0.784. The van der Waals surface area contributed by atoms with E-state index in [2.05, 4.69) is 16.7 Å². The Hall–Kier alpha value is -3.72. The molecule has 0 bridgehead atoms. The molecular weight excluding hydrogens is 662 g/mol. The van der Waals surface area contributed by atoms with Crippen molar-refractivity contribution in [2.75, 3.05) is 52.5 Å². The van der Waals surface area contributed by atoms with Crippen molar-refractivity contribution in [3.05, 3.63) is 57.2 Å². The molecule has 51 heavy (non-hydrogen) atoms. The summed E-state index contributed by atoms with van der Waals surface area (Å²) in [6.07, 6.45) is 5.09. The molecule has 0 radical (unpaired) electrons. The van der Waals surface area contributed by atoms with Gasteiger partial charge in [-0.3, -0.25) is 24.2 Å².